The van der Waals surface area contributed by atoms with Crippen molar-refractivity contribution in [1.82, 2.24) is 14.7 Å². The molecule has 2 aromatic heterocycles. The highest BCUT2D eigenvalue weighted by molar-refractivity contribution is 6.32. The predicted molar refractivity (Wildman–Crippen MR) is 76.4 cm³/mol. The normalized spacial score (nSPS) is 16.5. The van der Waals surface area contributed by atoms with Crippen LogP contribution in [0, 0.1) is 0 Å². The molecule has 0 atom stereocenters. The number of hydrogen-bond donors (Lipinski definition) is 1. The lowest BCUT2D eigenvalue weighted by Crippen LogP contribution is -2.28. The highest BCUT2D eigenvalue weighted by Crippen LogP contribution is 2.30. The van der Waals surface area contributed by atoms with E-state index in [4.69, 9.17) is 16.3 Å². The van der Waals surface area contributed by atoms with Gasteiger partial charge in [-0.2, -0.15) is 0 Å². The largest absolute Gasteiger partial charge is 0.464 e. The number of aromatic nitrogens is 2. The maximum atomic E-state index is 11.9. The third kappa shape index (κ3) is 2.17. The van der Waals surface area contributed by atoms with Crippen LogP contribution in [-0.4, -0.2) is 35.6 Å². The Kier molecular flexibility index (Phi) is 3.63. The van der Waals surface area contributed by atoms with Crippen LogP contribution in [0.2, 0.25) is 5.15 Å². The van der Waals surface area contributed by atoms with E-state index in [0.717, 1.165) is 37.3 Å². The second kappa shape index (κ2) is 5.42. The molecule has 3 heterocycles. The Morgan fingerprint density at radius 1 is 1.45 bits per heavy atom. The summed E-state index contributed by atoms with van der Waals surface area (Å²) in [6.45, 7) is 1.91. The number of halogens is 1. The van der Waals surface area contributed by atoms with Crippen LogP contribution in [-0.2, 0) is 4.74 Å². The molecule has 0 aromatic carbocycles. The number of pyridine rings is 1. The number of carbonyl (C=O) groups is 1. The fourth-order valence-electron chi connectivity index (χ4n) is 2.74. The number of carbonyl (C=O) groups excluding carboxylic acids is 1. The maximum absolute atomic E-state index is 11.9. The zero-order chi connectivity index (χ0) is 14.1. The van der Waals surface area contributed by atoms with E-state index in [9.17, 15) is 4.79 Å². The van der Waals surface area contributed by atoms with Crippen LogP contribution >= 0.6 is 11.6 Å². The van der Waals surface area contributed by atoms with Gasteiger partial charge < -0.3 is 10.1 Å². The molecule has 1 N–H and O–H groups in total. The van der Waals surface area contributed by atoms with Crippen LogP contribution in [0.3, 0.4) is 0 Å². The molecule has 1 fully saturated rings. The van der Waals surface area contributed by atoms with Crippen molar-refractivity contribution < 1.29 is 9.53 Å². The molecule has 6 heteroatoms. The van der Waals surface area contributed by atoms with Crippen LogP contribution in [0.15, 0.2) is 18.2 Å². The van der Waals surface area contributed by atoms with Gasteiger partial charge in [0.1, 0.15) is 11.5 Å². The number of nitrogens with zero attached hydrogens (tertiary/aromatic N) is 2. The van der Waals surface area contributed by atoms with E-state index >= 15 is 0 Å². The van der Waals surface area contributed by atoms with E-state index in [-0.39, 0.29) is 5.97 Å². The second-order valence-electron chi connectivity index (χ2n) is 4.91. The van der Waals surface area contributed by atoms with Gasteiger partial charge in [0.25, 0.3) is 0 Å². The number of imidazole rings is 1. The van der Waals surface area contributed by atoms with E-state index in [2.05, 4.69) is 10.3 Å². The van der Waals surface area contributed by atoms with Crippen molar-refractivity contribution in [2.75, 3.05) is 20.2 Å². The molecule has 0 spiro atoms. The molecular formula is C14H16ClN3O2. The second-order valence-corrected chi connectivity index (χ2v) is 5.27. The zero-order valence-electron chi connectivity index (χ0n) is 11.2. The van der Waals surface area contributed by atoms with Gasteiger partial charge in [-0.15, -0.1) is 0 Å². The van der Waals surface area contributed by atoms with Gasteiger partial charge in [-0.05, 0) is 38.1 Å². The van der Waals surface area contributed by atoms with Gasteiger partial charge in [0, 0.05) is 5.92 Å². The first-order chi connectivity index (χ1) is 9.72. The Balaban J connectivity index is 2.18. The summed E-state index contributed by atoms with van der Waals surface area (Å²) in [5.74, 6) is 0.786. The predicted octanol–water partition coefficient (Wildman–Crippen LogP) is 2.24. The van der Waals surface area contributed by atoms with E-state index in [1.165, 1.54) is 7.11 Å². The molecule has 3 rings (SSSR count). The van der Waals surface area contributed by atoms with E-state index < -0.39 is 0 Å². The van der Waals surface area contributed by atoms with Crippen molar-refractivity contribution in [2.24, 2.45) is 0 Å². The molecule has 0 radical (unpaired) electrons. The van der Waals surface area contributed by atoms with Gasteiger partial charge in [0.2, 0.25) is 0 Å². The average Bonchev–Trinajstić information content (AvgIpc) is 2.85. The summed E-state index contributed by atoms with van der Waals surface area (Å²) in [5, 5.41) is 3.76. The molecular weight excluding hydrogens is 278 g/mol. The minimum atomic E-state index is -0.375. The molecule has 5 nitrogen and oxygen atoms in total. The van der Waals surface area contributed by atoms with E-state index in [0.29, 0.717) is 16.8 Å². The molecule has 1 aliphatic heterocycles. The third-order valence-electron chi connectivity index (χ3n) is 3.74. The van der Waals surface area contributed by atoms with Gasteiger partial charge in [-0.3, -0.25) is 4.40 Å². The molecule has 0 aliphatic carbocycles. The molecule has 2 aromatic rings. The van der Waals surface area contributed by atoms with Crippen molar-refractivity contribution in [3.05, 3.63) is 34.9 Å². The van der Waals surface area contributed by atoms with Crippen molar-refractivity contribution in [3.8, 4) is 0 Å². The molecule has 106 valence electrons. The van der Waals surface area contributed by atoms with Crippen molar-refractivity contribution in [3.63, 3.8) is 0 Å². The number of fused-ring (bicyclic) bond motifs is 1. The minimum absolute atomic E-state index is 0.307. The van der Waals surface area contributed by atoms with Gasteiger partial charge >= 0.3 is 5.97 Å². The highest BCUT2D eigenvalue weighted by atomic mass is 35.5. The van der Waals surface area contributed by atoms with Gasteiger partial charge in [0.05, 0.1) is 12.6 Å². The summed E-state index contributed by atoms with van der Waals surface area (Å²) in [5.41, 5.74) is 1.22. The summed E-state index contributed by atoms with van der Waals surface area (Å²) < 4.78 is 6.69. The number of methoxy groups -OCH3 is 1. The number of nitrogens with one attached hydrogen (secondary N) is 1. The van der Waals surface area contributed by atoms with Crippen LogP contribution < -0.4 is 5.32 Å². The SMILES string of the molecule is COC(=O)c1cccc2c(Cl)nc(C3CCNCC3)n12. The van der Waals surface area contributed by atoms with Gasteiger partial charge in [-0.1, -0.05) is 17.7 Å². The monoisotopic (exact) mass is 293 g/mol. The molecule has 0 saturated carbocycles. The lowest BCUT2D eigenvalue weighted by atomic mass is 9.97. The lowest BCUT2D eigenvalue weighted by Gasteiger charge is -2.22. The topological polar surface area (TPSA) is 55.6 Å². The van der Waals surface area contributed by atoms with Crippen LogP contribution in [0.5, 0.6) is 0 Å². The molecule has 0 amide bonds. The molecule has 0 unspecified atom stereocenters. The number of ether oxygens (including phenoxy) is 1. The fourth-order valence-corrected chi connectivity index (χ4v) is 2.98. The minimum Gasteiger partial charge on any atom is -0.464 e. The highest BCUT2D eigenvalue weighted by Gasteiger charge is 2.24. The number of esters is 1. The van der Waals surface area contributed by atoms with Gasteiger partial charge in [-0.25, -0.2) is 9.78 Å². The quantitative estimate of drug-likeness (QED) is 0.863. The summed E-state index contributed by atoms with van der Waals surface area (Å²) in [4.78, 5) is 16.4. The molecule has 0 bridgehead atoms. The third-order valence-corrected chi connectivity index (χ3v) is 4.02. The summed E-state index contributed by atoms with van der Waals surface area (Å²) in [6, 6.07) is 5.40. The zero-order valence-corrected chi connectivity index (χ0v) is 12.0. The molecule has 20 heavy (non-hydrogen) atoms. The average molecular weight is 294 g/mol. The standard InChI is InChI=1S/C14H16ClN3O2/c1-20-14(19)11-4-2-3-10-12(15)17-13(18(10)11)9-5-7-16-8-6-9/h2-4,9,16H,5-8H2,1H3. The summed E-state index contributed by atoms with van der Waals surface area (Å²) in [6.07, 6.45) is 1.98. The smallest absolute Gasteiger partial charge is 0.355 e. The Morgan fingerprint density at radius 2 is 2.20 bits per heavy atom. The fraction of sp³-hybridized carbons (Fsp3) is 0.429. The first-order valence-electron chi connectivity index (χ1n) is 6.68. The lowest BCUT2D eigenvalue weighted by molar-refractivity contribution is 0.0591. The van der Waals surface area contributed by atoms with Crippen LogP contribution in [0.1, 0.15) is 35.1 Å². The Labute approximate surface area is 121 Å². The van der Waals surface area contributed by atoms with Crippen LogP contribution in [0.25, 0.3) is 5.52 Å². The Bertz CT molecular complexity index is 647. The molecule has 1 aliphatic rings. The summed E-state index contributed by atoms with van der Waals surface area (Å²) in [7, 11) is 1.38. The van der Waals surface area contributed by atoms with Crippen molar-refractivity contribution in [1.29, 1.82) is 0 Å². The van der Waals surface area contributed by atoms with E-state index in [1.807, 2.05) is 10.5 Å². The van der Waals surface area contributed by atoms with Gasteiger partial charge in [0.15, 0.2) is 5.15 Å². The first kappa shape index (κ1) is 13.4. The maximum Gasteiger partial charge on any atom is 0.355 e. The first-order valence-corrected chi connectivity index (χ1v) is 7.06. The number of hydrogen-bond acceptors (Lipinski definition) is 4. The Hall–Kier alpha value is -1.59. The number of rotatable bonds is 2. The van der Waals surface area contributed by atoms with Crippen molar-refractivity contribution >= 4 is 23.1 Å². The molecule has 1 saturated heterocycles. The van der Waals surface area contributed by atoms with Crippen LogP contribution in [0.4, 0.5) is 0 Å². The van der Waals surface area contributed by atoms with E-state index in [1.54, 1.807) is 12.1 Å². The Morgan fingerprint density at radius 3 is 2.90 bits per heavy atom. The van der Waals surface area contributed by atoms with Crippen molar-refractivity contribution in [2.45, 2.75) is 18.8 Å². The summed E-state index contributed by atoms with van der Waals surface area (Å²) >= 11 is 6.22. The number of piperidine rings is 1.